The second kappa shape index (κ2) is 6.49. The van der Waals surface area contributed by atoms with Gasteiger partial charge in [0.15, 0.2) is 0 Å². The zero-order valence-corrected chi connectivity index (χ0v) is 14.8. The van der Waals surface area contributed by atoms with Gasteiger partial charge in [0.05, 0.1) is 12.0 Å². The van der Waals surface area contributed by atoms with Crippen molar-refractivity contribution in [2.24, 2.45) is 5.41 Å². The molecule has 124 valence electrons. The molecule has 3 rings (SSSR count). The summed E-state index contributed by atoms with van der Waals surface area (Å²) in [5.74, 6) is 0.870. The van der Waals surface area contributed by atoms with Crippen molar-refractivity contribution in [2.75, 3.05) is 26.7 Å². The highest BCUT2D eigenvalue weighted by atomic mass is 32.1. The van der Waals surface area contributed by atoms with Crippen molar-refractivity contribution in [1.82, 2.24) is 10.6 Å². The van der Waals surface area contributed by atoms with Crippen LogP contribution in [0.5, 0.6) is 5.75 Å². The molecule has 0 unspecified atom stereocenters. The monoisotopic (exact) mass is 332 g/mol. The maximum atomic E-state index is 12.6. The second-order valence-corrected chi connectivity index (χ2v) is 7.71. The van der Waals surface area contributed by atoms with Gasteiger partial charge in [0, 0.05) is 11.2 Å². The van der Waals surface area contributed by atoms with Crippen LogP contribution in [0.4, 0.5) is 0 Å². The first kappa shape index (κ1) is 16.3. The number of thiophene rings is 1. The maximum absolute atomic E-state index is 12.6. The Labute approximate surface area is 141 Å². The van der Waals surface area contributed by atoms with Crippen LogP contribution in [0.1, 0.15) is 35.0 Å². The topological polar surface area (TPSA) is 50.4 Å². The molecular formula is C18H24N2O2S. The average Bonchev–Trinajstić information content (AvgIpc) is 2.90. The second-order valence-electron chi connectivity index (χ2n) is 6.66. The quantitative estimate of drug-likeness (QED) is 0.903. The Morgan fingerprint density at radius 1 is 1.39 bits per heavy atom. The summed E-state index contributed by atoms with van der Waals surface area (Å²) in [7, 11) is 1.66. The summed E-state index contributed by atoms with van der Waals surface area (Å²) in [5, 5.41) is 7.63. The Bertz CT molecular complexity index is 717. The zero-order valence-electron chi connectivity index (χ0n) is 14.0. The molecule has 0 aliphatic carbocycles. The number of ether oxygens (including phenoxy) is 1. The van der Waals surface area contributed by atoms with Crippen LogP contribution < -0.4 is 15.4 Å². The van der Waals surface area contributed by atoms with Crippen molar-refractivity contribution in [3.8, 4) is 5.75 Å². The minimum absolute atomic E-state index is 0.0439. The van der Waals surface area contributed by atoms with Crippen molar-refractivity contribution < 1.29 is 9.53 Å². The van der Waals surface area contributed by atoms with Gasteiger partial charge in [-0.25, -0.2) is 0 Å². The van der Waals surface area contributed by atoms with Gasteiger partial charge in [-0.1, -0.05) is 6.92 Å². The lowest BCUT2D eigenvalue weighted by atomic mass is 9.81. The van der Waals surface area contributed by atoms with Crippen molar-refractivity contribution in [1.29, 1.82) is 0 Å². The third kappa shape index (κ3) is 3.35. The van der Waals surface area contributed by atoms with Gasteiger partial charge in [0.25, 0.3) is 5.91 Å². The summed E-state index contributed by atoms with van der Waals surface area (Å²) in [6, 6.07) is 5.97. The van der Waals surface area contributed by atoms with Crippen LogP contribution in [0.15, 0.2) is 18.2 Å². The van der Waals surface area contributed by atoms with Gasteiger partial charge in [0.2, 0.25) is 0 Å². The van der Waals surface area contributed by atoms with Crippen molar-refractivity contribution in [3.05, 3.63) is 28.6 Å². The van der Waals surface area contributed by atoms with E-state index in [9.17, 15) is 4.79 Å². The molecule has 0 saturated carbocycles. The van der Waals surface area contributed by atoms with Crippen molar-refractivity contribution in [2.45, 2.75) is 26.7 Å². The average molecular weight is 332 g/mol. The Kier molecular flexibility index (Phi) is 4.60. The van der Waals surface area contributed by atoms with E-state index in [1.807, 2.05) is 25.1 Å². The number of benzene rings is 1. The van der Waals surface area contributed by atoms with Gasteiger partial charge < -0.3 is 15.4 Å². The van der Waals surface area contributed by atoms with Gasteiger partial charge in [-0.2, -0.15) is 0 Å². The van der Waals surface area contributed by atoms with Crippen LogP contribution in [0.25, 0.3) is 10.1 Å². The molecule has 1 amide bonds. The van der Waals surface area contributed by atoms with Crippen LogP contribution >= 0.6 is 11.3 Å². The number of methoxy groups -OCH3 is 1. The number of hydrogen-bond donors (Lipinski definition) is 2. The molecule has 0 bridgehead atoms. The first-order valence-corrected chi connectivity index (χ1v) is 8.90. The van der Waals surface area contributed by atoms with E-state index in [0.29, 0.717) is 0 Å². The van der Waals surface area contributed by atoms with Gasteiger partial charge in [-0.05, 0) is 67.4 Å². The first-order chi connectivity index (χ1) is 11.0. The molecule has 0 spiro atoms. The van der Waals surface area contributed by atoms with Crippen molar-refractivity contribution in [3.63, 3.8) is 0 Å². The van der Waals surface area contributed by atoms with E-state index >= 15 is 0 Å². The number of carbonyl (C=O) groups is 1. The summed E-state index contributed by atoms with van der Waals surface area (Å²) >= 11 is 1.56. The lowest BCUT2D eigenvalue weighted by Crippen LogP contribution is -2.42. The Balaban J connectivity index is 1.76. The fourth-order valence-electron chi connectivity index (χ4n) is 3.12. The van der Waals surface area contributed by atoms with Gasteiger partial charge in [-0.3, -0.25) is 4.79 Å². The summed E-state index contributed by atoms with van der Waals surface area (Å²) in [4.78, 5) is 13.4. The number of nitrogens with one attached hydrogen (secondary N) is 2. The molecule has 5 heteroatoms. The summed E-state index contributed by atoms with van der Waals surface area (Å²) < 4.78 is 6.41. The highest BCUT2D eigenvalue weighted by Crippen LogP contribution is 2.33. The molecule has 2 N–H and O–H groups in total. The molecule has 0 radical (unpaired) electrons. The highest BCUT2D eigenvalue weighted by molar-refractivity contribution is 7.21. The van der Waals surface area contributed by atoms with Crippen LogP contribution in [0.2, 0.25) is 0 Å². The lowest BCUT2D eigenvalue weighted by molar-refractivity contribution is 0.0926. The predicted octanol–water partition coefficient (Wildman–Crippen LogP) is 3.34. The fourth-order valence-corrected chi connectivity index (χ4v) is 4.23. The molecule has 0 atom stereocenters. The molecule has 1 aliphatic heterocycles. The molecule has 4 nitrogen and oxygen atoms in total. The molecule has 1 fully saturated rings. The minimum atomic E-state index is 0.0439. The van der Waals surface area contributed by atoms with Crippen LogP contribution in [-0.4, -0.2) is 32.7 Å². The minimum Gasteiger partial charge on any atom is -0.497 e. The molecule has 1 aromatic heterocycles. The number of piperidine rings is 1. The number of amides is 1. The molecule has 2 aromatic rings. The Morgan fingerprint density at radius 3 is 2.83 bits per heavy atom. The predicted molar refractivity (Wildman–Crippen MR) is 95.7 cm³/mol. The number of rotatable bonds is 4. The molecule has 2 heterocycles. The van der Waals surface area contributed by atoms with E-state index in [0.717, 1.165) is 58.8 Å². The largest absolute Gasteiger partial charge is 0.497 e. The van der Waals surface area contributed by atoms with Crippen LogP contribution in [0, 0.1) is 12.3 Å². The third-order valence-electron chi connectivity index (χ3n) is 4.84. The van der Waals surface area contributed by atoms with E-state index in [1.165, 1.54) is 0 Å². The van der Waals surface area contributed by atoms with Crippen LogP contribution in [0.3, 0.4) is 0 Å². The molecule has 23 heavy (non-hydrogen) atoms. The van der Waals surface area contributed by atoms with Gasteiger partial charge in [-0.15, -0.1) is 11.3 Å². The van der Waals surface area contributed by atoms with E-state index in [1.54, 1.807) is 18.4 Å². The lowest BCUT2D eigenvalue weighted by Gasteiger charge is -2.34. The number of carbonyl (C=O) groups excluding carboxylic acids is 1. The normalized spacial score (nSPS) is 17.2. The SMILES string of the molecule is COc1ccc2sc(C(=O)NCC3(C)CCNCC3)c(C)c2c1. The highest BCUT2D eigenvalue weighted by Gasteiger charge is 2.27. The van der Waals surface area contributed by atoms with E-state index in [-0.39, 0.29) is 11.3 Å². The van der Waals surface area contributed by atoms with Gasteiger partial charge >= 0.3 is 0 Å². The first-order valence-electron chi connectivity index (χ1n) is 8.08. The number of fused-ring (bicyclic) bond motifs is 1. The Hall–Kier alpha value is -1.59. The molecule has 1 aliphatic rings. The molecule has 1 aromatic carbocycles. The summed E-state index contributed by atoms with van der Waals surface area (Å²) in [5.41, 5.74) is 1.24. The van der Waals surface area contributed by atoms with E-state index in [2.05, 4.69) is 17.6 Å². The van der Waals surface area contributed by atoms with E-state index in [4.69, 9.17) is 4.74 Å². The Morgan fingerprint density at radius 2 is 2.13 bits per heavy atom. The van der Waals surface area contributed by atoms with Crippen molar-refractivity contribution >= 4 is 27.3 Å². The third-order valence-corrected chi connectivity index (χ3v) is 6.11. The van der Waals surface area contributed by atoms with E-state index < -0.39 is 0 Å². The molecule has 1 saturated heterocycles. The maximum Gasteiger partial charge on any atom is 0.261 e. The molecular weight excluding hydrogens is 308 g/mol. The number of hydrogen-bond acceptors (Lipinski definition) is 4. The zero-order chi connectivity index (χ0) is 16.4. The number of aryl methyl sites for hydroxylation is 1. The smallest absolute Gasteiger partial charge is 0.261 e. The standard InChI is InChI=1S/C18H24N2O2S/c1-12-14-10-13(22-3)4-5-15(14)23-16(12)17(21)20-11-18(2)6-8-19-9-7-18/h4-5,10,19H,6-9,11H2,1-3H3,(H,20,21). The van der Waals surface area contributed by atoms with Crippen LogP contribution in [-0.2, 0) is 0 Å². The summed E-state index contributed by atoms with van der Waals surface area (Å²) in [6.07, 6.45) is 2.21. The fraction of sp³-hybridized carbons (Fsp3) is 0.500. The summed E-state index contributed by atoms with van der Waals surface area (Å²) in [6.45, 7) is 7.09. The van der Waals surface area contributed by atoms with Gasteiger partial charge in [0.1, 0.15) is 5.75 Å².